The molecule has 0 unspecified atom stereocenters. The molecule has 2 aromatic carbocycles. The largest absolute Gasteiger partial charge is 0.411 e. The molecule has 13 heteroatoms. The van der Waals surface area contributed by atoms with Crippen LogP contribution in [0.1, 0.15) is 18.4 Å². The monoisotopic (exact) mass is 532 g/mol. The highest BCUT2D eigenvalue weighted by Crippen LogP contribution is 2.51. The number of hydrogen-bond acceptors (Lipinski definition) is 7. The predicted molar refractivity (Wildman–Crippen MR) is 130 cm³/mol. The fraction of sp³-hybridized carbons (Fsp3) is 0.208. The first-order valence-electron chi connectivity index (χ1n) is 11.1. The SMILES string of the molecule is NS(=O)(=O)c1cccc(CNc2nc(NC3(C(F)(F)F)CC3)c3nc(-c4ccc(F)cc4)ccc3n2)c1. The van der Waals surface area contributed by atoms with E-state index in [1.54, 1.807) is 18.2 Å². The van der Waals surface area contributed by atoms with Gasteiger partial charge in [-0.25, -0.2) is 27.9 Å². The van der Waals surface area contributed by atoms with Crippen molar-refractivity contribution in [2.45, 2.75) is 36.0 Å². The second kappa shape index (κ2) is 8.92. The quantitative estimate of drug-likeness (QED) is 0.297. The number of rotatable bonds is 7. The van der Waals surface area contributed by atoms with Gasteiger partial charge in [-0.05, 0) is 66.9 Å². The topological polar surface area (TPSA) is 123 Å². The zero-order valence-corrected chi connectivity index (χ0v) is 19.9. The number of primary sulfonamides is 1. The second-order valence-corrected chi connectivity index (χ2v) is 10.3. The Labute approximate surface area is 209 Å². The third kappa shape index (κ3) is 5.18. The summed E-state index contributed by atoms with van der Waals surface area (Å²) >= 11 is 0. The molecule has 4 aromatic rings. The smallest absolute Gasteiger partial charge is 0.354 e. The molecular weight excluding hydrogens is 512 g/mol. The second-order valence-electron chi connectivity index (χ2n) is 8.72. The summed E-state index contributed by atoms with van der Waals surface area (Å²) in [5.74, 6) is -0.517. The molecule has 4 N–H and O–H groups in total. The summed E-state index contributed by atoms with van der Waals surface area (Å²) in [6.07, 6.45) is -4.72. The minimum Gasteiger partial charge on any atom is -0.354 e. The maximum Gasteiger partial charge on any atom is 0.411 e. The van der Waals surface area contributed by atoms with Crippen LogP contribution in [0.3, 0.4) is 0 Å². The van der Waals surface area contributed by atoms with Gasteiger partial charge in [-0.2, -0.15) is 18.2 Å². The van der Waals surface area contributed by atoms with Crippen LogP contribution in [-0.2, 0) is 16.6 Å². The molecule has 0 radical (unpaired) electrons. The predicted octanol–water partition coefficient (Wildman–Crippen LogP) is 4.60. The summed E-state index contributed by atoms with van der Waals surface area (Å²) < 4.78 is 77.8. The van der Waals surface area contributed by atoms with Crippen molar-refractivity contribution < 1.29 is 26.0 Å². The summed E-state index contributed by atoms with van der Waals surface area (Å²) in [6.45, 7) is 0.0831. The van der Waals surface area contributed by atoms with E-state index in [1.807, 2.05) is 0 Å². The van der Waals surface area contributed by atoms with Gasteiger partial charge in [0.1, 0.15) is 16.9 Å². The highest BCUT2D eigenvalue weighted by atomic mass is 32.2. The summed E-state index contributed by atoms with van der Waals surface area (Å²) in [5.41, 5.74) is -0.174. The molecule has 1 aliphatic rings. The molecule has 1 aliphatic carbocycles. The van der Waals surface area contributed by atoms with Crippen molar-refractivity contribution in [1.29, 1.82) is 0 Å². The number of sulfonamides is 1. The number of fused-ring (bicyclic) bond motifs is 1. The Morgan fingerprint density at radius 2 is 1.70 bits per heavy atom. The first-order chi connectivity index (χ1) is 17.4. The van der Waals surface area contributed by atoms with Crippen molar-refractivity contribution in [3.63, 3.8) is 0 Å². The van der Waals surface area contributed by atoms with E-state index in [9.17, 15) is 26.0 Å². The summed E-state index contributed by atoms with van der Waals surface area (Å²) in [7, 11) is -3.91. The molecule has 0 atom stereocenters. The van der Waals surface area contributed by atoms with Crippen LogP contribution in [0, 0.1) is 5.82 Å². The van der Waals surface area contributed by atoms with Crippen LogP contribution in [0.2, 0.25) is 0 Å². The van der Waals surface area contributed by atoms with Crippen LogP contribution in [0.15, 0.2) is 65.6 Å². The molecule has 37 heavy (non-hydrogen) atoms. The van der Waals surface area contributed by atoms with Crippen molar-refractivity contribution in [3.8, 4) is 11.3 Å². The van der Waals surface area contributed by atoms with E-state index in [-0.39, 0.29) is 47.1 Å². The molecule has 0 bridgehead atoms. The van der Waals surface area contributed by atoms with Gasteiger partial charge in [0.05, 0.1) is 16.1 Å². The van der Waals surface area contributed by atoms with Crippen LogP contribution in [0.5, 0.6) is 0 Å². The standard InChI is InChI=1S/C24H20F4N6O2S/c25-16-6-4-15(5-7-16)18-8-9-19-20(31-18)21(34-23(10-11-23)24(26,27)28)33-22(32-19)30-13-14-2-1-3-17(12-14)37(29,35)36/h1-9,12H,10-11,13H2,(H2,29,35,36)(H2,30,32,33,34). The van der Waals surface area contributed by atoms with Gasteiger partial charge in [0.2, 0.25) is 16.0 Å². The van der Waals surface area contributed by atoms with E-state index in [0.717, 1.165) is 0 Å². The van der Waals surface area contributed by atoms with Gasteiger partial charge >= 0.3 is 6.18 Å². The fourth-order valence-corrected chi connectivity index (χ4v) is 4.39. The number of halogens is 4. The van der Waals surface area contributed by atoms with Crippen molar-refractivity contribution >= 4 is 32.8 Å². The zero-order chi connectivity index (χ0) is 26.4. The average molecular weight is 533 g/mol. The number of nitrogens with one attached hydrogen (secondary N) is 2. The van der Waals surface area contributed by atoms with Gasteiger partial charge in [-0.3, -0.25) is 0 Å². The molecule has 1 fully saturated rings. The van der Waals surface area contributed by atoms with Gasteiger partial charge in [0, 0.05) is 12.1 Å². The minimum absolute atomic E-state index is 0.0188. The lowest BCUT2D eigenvalue weighted by Crippen LogP contribution is -2.39. The first-order valence-corrected chi connectivity index (χ1v) is 12.6. The maximum atomic E-state index is 13.7. The number of anilines is 2. The van der Waals surface area contributed by atoms with Gasteiger partial charge in [-0.15, -0.1) is 0 Å². The highest BCUT2D eigenvalue weighted by Gasteiger charge is 2.64. The molecule has 0 amide bonds. The Hall–Kier alpha value is -3.84. The van der Waals surface area contributed by atoms with E-state index in [0.29, 0.717) is 16.8 Å². The Balaban J connectivity index is 1.52. The van der Waals surface area contributed by atoms with E-state index >= 15 is 0 Å². The lowest BCUT2D eigenvalue weighted by molar-refractivity contribution is -0.151. The molecule has 0 aliphatic heterocycles. The average Bonchev–Trinajstić information content (AvgIpc) is 3.64. The lowest BCUT2D eigenvalue weighted by Gasteiger charge is -2.22. The van der Waals surface area contributed by atoms with Crippen LogP contribution in [0.25, 0.3) is 22.3 Å². The van der Waals surface area contributed by atoms with Gasteiger partial charge in [-0.1, -0.05) is 12.1 Å². The van der Waals surface area contributed by atoms with Gasteiger partial charge < -0.3 is 10.6 Å². The molecular formula is C24H20F4N6O2S. The molecule has 5 rings (SSSR count). The first kappa shape index (κ1) is 24.8. The Morgan fingerprint density at radius 3 is 2.35 bits per heavy atom. The van der Waals surface area contributed by atoms with E-state index < -0.39 is 27.6 Å². The summed E-state index contributed by atoms with van der Waals surface area (Å²) in [6, 6.07) is 14.7. The summed E-state index contributed by atoms with van der Waals surface area (Å²) in [4.78, 5) is 13.1. The highest BCUT2D eigenvalue weighted by molar-refractivity contribution is 7.89. The number of nitrogens with zero attached hydrogens (tertiary/aromatic N) is 3. The molecule has 0 spiro atoms. The van der Waals surface area contributed by atoms with Gasteiger partial charge in [0.25, 0.3) is 0 Å². The molecule has 2 heterocycles. The third-order valence-corrected chi connectivity index (χ3v) is 6.92. The number of hydrogen-bond donors (Lipinski definition) is 3. The van der Waals surface area contributed by atoms with Gasteiger partial charge in [0.15, 0.2) is 5.82 Å². The fourth-order valence-electron chi connectivity index (χ4n) is 3.81. The Bertz CT molecular complexity index is 1590. The van der Waals surface area contributed by atoms with Crippen molar-refractivity contribution in [3.05, 3.63) is 72.0 Å². The normalized spacial score (nSPS) is 14.9. The number of nitrogens with two attached hydrogens (primary N) is 1. The van der Waals surface area contributed by atoms with E-state index in [1.165, 1.54) is 42.5 Å². The van der Waals surface area contributed by atoms with Crippen LogP contribution in [0.4, 0.5) is 29.3 Å². The number of aromatic nitrogens is 3. The molecule has 0 saturated heterocycles. The lowest BCUT2D eigenvalue weighted by atomic mass is 10.1. The van der Waals surface area contributed by atoms with Crippen LogP contribution >= 0.6 is 0 Å². The number of benzene rings is 2. The molecule has 8 nitrogen and oxygen atoms in total. The van der Waals surface area contributed by atoms with Crippen LogP contribution < -0.4 is 15.8 Å². The minimum atomic E-state index is -4.50. The molecule has 2 aromatic heterocycles. The Morgan fingerprint density at radius 1 is 0.973 bits per heavy atom. The molecule has 1 saturated carbocycles. The Kier molecular flexibility index (Phi) is 5.99. The van der Waals surface area contributed by atoms with Crippen molar-refractivity contribution in [2.75, 3.05) is 10.6 Å². The zero-order valence-electron chi connectivity index (χ0n) is 19.1. The maximum absolute atomic E-state index is 13.7. The van der Waals surface area contributed by atoms with E-state index in [2.05, 4.69) is 25.6 Å². The van der Waals surface area contributed by atoms with Crippen molar-refractivity contribution in [2.24, 2.45) is 5.14 Å². The van der Waals surface area contributed by atoms with Crippen LogP contribution in [-0.4, -0.2) is 35.1 Å². The van der Waals surface area contributed by atoms with Crippen molar-refractivity contribution in [1.82, 2.24) is 15.0 Å². The number of pyridine rings is 1. The third-order valence-electron chi connectivity index (χ3n) is 6.01. The van der Waals surface area contributed by atoms with E-state index in [4.69, 9.17) is 5.14 Å². The summed E-state index contributed by atoms with van der Waals surface area (Å²) in [5, 5.41) is 10.6. The number of alkyl halides is 3. The molecule has 192 valence electrons.